The molecule has 0 rings (SSSR count). The first-order chi connectivity index (χ1) is 13.8. The van der Waals surface area contributed by atoms with Crippen LogP contribution in [0, 0.1) is 20.2 Å². The molecular weight excluding hydrogens is 380 g/mol. The first kappa shape index (κ1) is 27.2. The van der Waals surface area contributed by atoms with Gasteiger partial charge in [-0.1, -0.05) is 39.0 Å². The quantitative estimate of drug-likeness (QED) is 0.142. The van der Waals surface area contributed by atoms with Crippen LogP contribution in [0.25, 0.3) is 0 Å². The Bertz CT molecular complexity index is 509. The monoisotopic (exact) mass is 416 g/mol. The fourth-order valence-electron chi connectivity index (χ4n) is 3.41. The molecule has 168 valence electrons. The molecule has 9 heteroatoms. The summed E-state index contributed by atoms with van der Waals surface area (Å²) in [4.78, 5) is 31.6. The van der Waals surface area contributed by atoms with Crippen LogP contribution in [0.5, 0.6) is 0 Å². The molecule has 0 spiro atoms. The number of nitrogens with zero attached hydrogens (tertiary/aromatic N) is 2. The molecule has 0 aromatic carbocycles. The number of unbranched alkanes of at least 4 members (excludes halogenated alkanes) is 6. The SMILES string of the molecule is CCCCCC(O)C(CCCCC(O)C(CCCCCC=C=O)[N+](=O)[O-])[N+](=O)[O-]. The first-order valence-corrected chi connectivity index (χ1v) is 10.7. The molecule has 9 nitrogen and oxygen atoms in total. The number of carbonyl (C=O) groups excluding carboxylic acids is 1. The van der Waals surface area contributed by atoms with E-state index in [1.165, 1.54) is 6.08 Å². The molecular formula is C20H36N2O7. The highest BCUT2D eigenvalue weighted by molar-refractivity contribution is 5.44. The number of aliphatic hydroxyl groups is 2. The second-order valence-electron chi connectivity index (χ2n) is 7.58. The fourth-order valence-corrected chi connectivity index (χ4v) is 3.41. The summed E-state index contributed by atoms with van der Waals surface area (Å²) in [5.41, 5.74) is 0. The van der Waals surface area contributed by atoms with E-state index in [0.717, 1.165) is 32.1 Å². The molecule has 0 aliphatic rings. The second-order valence-corrected chi connectivity index (χ2v) is 7.58. The molecule has 0 radical (unpaired) electrons. The van der Waals surface area contributed by atoms with E-state index < -0.39 is 34.1 Å². The molecule has 0 aromatic heterocycles. The van der Waals surface area contributed by atoms with E-state index in [9.17, 15) is 35.2 Å². The Kier molecular flexibility index (Phi) is 16.0. The summed E-state index contributed by atoms with van der Waals surface area (Å²) in [6.45, 7) is 2.02. The fraction of sp³-hybridized carbons (Fsp3) is 0.900. The van der Waals surface area contributed by atoms with Gasteiger partial charge < -0.3 is 10.2 Å². The number of aliphatic hydroxyl groups excluding tert-OH is 2. The van der Waals surface area contributed by atoms with Gasteiger partial charge in [-0.05, 0) is 44.6 Å². The van der Waals surface area contributed by atoms with Crippen LogP contribution >= 0.6 is 0 Å². The molecule has 0 heterocycles. The van der Waals surface area contributed by atoms with Crippen LogP contribution in [0.15, 0.2) is 6.08 Å². The lowest BCUT2D eigenvalue weighted by atomic mass is 9.96. The maximum absolute atomic E-state index is 11.2. The molecule has 4 unspecified atom stereocenters. The van der Waals surface area contributed by atoms with E-state index in [0.29, 0.717) is 32.1 Å². The molecule has 0 bridgehead atoms. The van der Waals surface area contributed by atoms with Crippen LogP contribution in [0.3, 0.4) is 0 Å². The molecule has 2 N–H and O–H groups in total. The molecule has 0 saturated carbocycles. The summed E-state index contributed by atoms with van der Waals surface area (Å²) in [7, 11) is 0. The van der Waals surface area contributed by atoms with Gasteiger partial charge >= 0.3 is 0 Å². The molecule has 0 aliphatic carbocycles. The van der Waals surface area contributed by atoms with E-state index in [4.69, 9.17) is 0 Å². The number of rotatable bonds is 19. The minimum atomic E-state index is -1.09. The summed E-state index contributed by atoms with van der Waals surface area (Å²) in [6.07, 6.45) is 6.52. The minimum absolute atomic E-state index is 0.195. The van der Waals surface area contributed by atoms with Crippen LogP contribution in [0.2, 0.25) is 0 Å². The van der Waals surface area contributed by atoms with Crippen LogP contribution < -0.4 is 0 Å². The van der Waals surface area contributed by atoms with Crippen LogP contribution in [-0.2, 0) is 4.79 Å². The van der Waals surface area contributed by atoms with E-state index in [1.807, 2.05) is 6.92 Å². The van der Waals surface area contributed by atoms with Crippen molar-refractivity contribution in [2.24, 2.45) is 0 Å². The maximum atomic E-state index is 11.2. The molecule has 0 saturated heterocycles. The predicted octanol–water partition coefficient (Wildman–Crippen LogP) is 3.48. The third kappa shape index (κ3) is 13.1. The van der Waals surface area contributed by atoms with E-state index in [1.54, 1.807) is 5.94 Å². The third-order valence-corrected chi connectivity index (χ3v) is 5.21. The molecule has 0 amide bonds. The van der Waals surface area contributed by atoms with Gasteiger partial charge in [0.2, 0.25) is 12.1 Å². The Morgan fingerprint density at radius 2 is 1.24 bits per heavy atom. The average molecular weight is 417 g/mol. The van der Waals surface area contributed by atoms with Crippen molar-refractivity contribution in [3.63, 3.8) is 0 Å². The largest absolute Gasteiger partial charge is 0.386 e. The highest BCUT2D eigenvalue weighted by Crippen LogP contribution is 2.18. The van der Waals surface area contributed by atoms with Gasteiger partial charge in [0.05, 0.1) is 0 Å². The second kappa shape index (κ2) is 17.1. The highest BCUT2D eigenvalue weighted by Gasteiger charge is 2.31. The Hall–Kier alpha value is -1.83. The Labute approximate surface area is 172 Å². The van der Waals surface area contributed by atoms with Crippen LogP contribution in [-0.4, -0.2) is 50.3 Å². The van der Waals surface area contributed by atoms with Crippen molar-refractivity contribution >= 4 is 5.94 Å². The van der Waals surface area contributed by atoms with Crippen molar-refractivity contribution in [3.05, 3.63) is 26.3 Å². The van der Waals surface area contributed by atoms with E-state index in [-0.39, 0.29) is 19.3 Å². The molecule has 4 atom stereocenters. The van der Waals surface area contributed by atoms with Gasteiger partial charge in [-0.2, -0.15) is 0 Å². The summed E-state index contributed by atoms with van der Waals surface area (Å²) >= 11 is 0. The third-order valence-electron chi connectivity index (χ3n) is 5.21. The van der Waals surface area contributed by atoms with Crippen LogP contribution in [0.4, 0.5) is 0 Å². The smallest absolute Gasteiger partial charge is 0.238 e. The van der Waals surface area contributed by atoms with Crippen molar-refractivity contribution in [2.45, 2.75) is 115 Å². The lowest BCUT2D eigenvalue weighted by Gasteiger charge is -2.18. The predicted molar refractivity (Wildman–Crippen MR) is 110 cm³/mol. The molecule has 29 heavy (non-hydrogen) atoms. The van der Waals surface area contributed by atoms with Gasteiger partial charge in [-0.3, -0.25) is 20.2 Å². The van der Waals surface area contributed by atoms with Gasteiger partial charge in [0.1, 0.15) is 18.1 Å². The van der Waals surface area contributed by atoms with Gasteiger partial charge in [0, 0.05) is 22.7 Å². The van der Waals surface area contributed by atoms with Crippen molar-refractivity contribution in [1.29, 1.82) is 0 Å². The summed E-state index contributed by atoms with van der Waals surface area (Å²) in [5.74, 6) is 1.69. The summed E-state index contributed by atoms with van der Waals surface area (Å²) in [6, 6.07) is -2.08. The van der Waals surface area contributed by atoms with E-state index >= 15 is 0 Å². The van der Waals surface area contributed by atoms with Crippen molar-refractivity contribution in [3.8, 4) is 0 Å². The van der Waals surface area contributed by atoms with Gasteiger partial charge in [-0.25, -0.2) is 4.79 Å². The summed E-state index contributed by atoms with van der Waals surface area (Å²) < 4.78 is 0. The standard InChI is InChI=1S/C20H36N2O7/c1-2-3-7-14-19(24)18(22(28)29)13-9-10-15-20(25)17(21(26)27)12-8-5-4-6-11-16-23/h11,17-20,24-25H,2-10,12-15H2,1H3. The number of hydrogen-bond acceptors (Lipinski definition) is 7. The topological polar surface area (TPSA) is 144 Å². The van der Waals surface area contributed by atoms with Crippen molar-refractivity contribution in [2.75, 3.05) is 0 Å². The van der Waals surface area contributed by atoms with Gasteiger partial charge in [-0.15, -0.1) is 0 Å². The van der Waals surface area contributed by atoms with Crippen LogP contribution in [0.1, 0.15) is 90.4 Å². The minimum Gasteiger partial charge on any atom is -0.386 e. The summed E-state index contributed by atoms with van der Waals surface area (Å²) in [5, 5.41) is 42.6. The molecule has 0 aromatic rings. The molecule has 0 fully saturated rings. The highest BCUT2D eigenvalue weighted by atomic mass is 16.6. The molecule has 0 aliphatic heterocycles. The van der Waals surface area contributed by atoms with Crippen molar-refractivity contribution in [1.82, 2.24) is 0 Å². The van der Waals surface area contributed by atoms with E-state index in [2.05, 4.69) is 0 Å². The zero-order chi connectivity index (χ0) is 22.1. The Morgan fingerprint density at radius 1 is 0.793 bits per heavy atom. The lowest BCUT2D eigenvalue weighted by Crippen LogP contribution is -2.34. The average Bonchev–Trinajstić information content (AvgIpc) is 2.66. The zero-order valence-electron chi connectivity index (χ0n) is 17.4. The number of hydrogen-bond donors (Lipinski definition) is 2. The first-order valence-electron chi connectivity index (χ1n) is 10.7. The Balaban J connectivity index is 4.28. The Morgan fingerprint density at radius 3 is 1.69 bits per heavy atom. The number of nitro groups is 2. The van der Waals surface area contributed by atoms with Gasteiger partial charge in [0.15, 0.2) is 0 Å². The zero-order valence-corrected chi connectivity index (χ0v) is 17.4. The number of allylic oxidation sites excluding steroid dienone is 1. The lowest BCUT2D eigenvalue weighted by molar-refractivity contribution is -0.536. The van der Waals surface area contributed by atoms with Crippen molar-refractivity contribution < 1.29 is 24.9 Å². The maximum Gasteiger partial charge on any atom is 0.238 e. The van der Waals surface area contributed by atoms with Gasteiger partial charge in [0.25, 0.3) is 0 Å². The normalized spacial score (nSPS) is 15.1.